The number of rotatable bonds is 9. The topological polar surface area (TPSA) is 57.2 Å². The molecule has 0 saturated heterocycles. The predicted molar refractivity (Wildman–Crippen MR) is 87.2 cm³/mol. The zero-order valence-corrected chi connectivity index (χ0v) is 13.9. The number of halogens is 1. The zero-order chi connectivity index (χ0) is 15.2. The van der Waals surface area contributed by atoms with E-state index >= 15 is 0 Å². The Morgan fingerprint density at radius 2 is 1.81 bits per heavy atom. The van der Waals surface area contributed by atoms with Crippen LogP contribution in [0.2, 0.25) is 5.28 Å². The second-order valence-electron chi connectivity index (χ2n) is 5.19. The van der Waals surface area contributed by atoms with Gasteiger partial charge in [0, 0.05) is 32.2 Å². The minimum Gasteiger partial charge on any atom is -0.353 e. The number of aromatic nitrogens is 3. The molecule has 0 atom stereocenters. The SMILES string of the molecule is CCN(CC)c1nc(Cl)nc(NCCN(CC)C2CC2)n1. The molecule has 1 N–H and O–H groups in total. The molecule has 0 bridgehead atoms. The van der Waals surface area contributed by atoms with Crippen LogP contribution in [0.15, 0.2) is 0 Å². The summed E-state index contributed by atoms with van der Waals surface area (Å²) < 4.78 is 0. The second-order valence-corrected chi connectivity index (χ2v) is 5.52. The number of nitrogens with zero attached hydrogens (tertiary/aromatic N) is 5. The summed E-state index contributed by atoms with van der Waals surface area (Å²) in [5.74, 6) is 1.20. The number of likely N-dealkylation sites (N-methyl/N-ethyl adjacent to an activating group) is 1. The van der Waals surface area contributed by atoms with Gasteiger partial charge in [0.25, 0.3) is 0 Å². The molecule has 7 heteroatoms. The average Bonchev–Trinajstić information content (AvgIpc) is 3.29. The van der Waals surface area contributed by atoms with Crippen LogP contribution in [-0.4, -0.2) is 58.6 Å². The van der Waals surface area contributed by atoms with Gasteiger partial charge in [0.15, 0.2) is 0 Å². The molecule has 1 aromatic rings. The highest BCUT2D eigenvalue weighted by atomic mass is 35.5. The molecule has 0 aliphatic heterocycles. The predicted octanol–water partition coefficient (Wildman–Crippen LogP) is 2.27. The zero-order valence-electron chi connectivity index (χ0n) is 13.1. The highest BCUT2D eigenvalue weighted by molar-refractivity contribution is 6.28. The van der Waals surface area contributed by atoms with Gasteiger partial charge >= 0.3 is 0 Å². The van der Waals surface area contributed by atoms with E-state index in [-0.39, 0.29) is 5.28 Å². The Hall–Kier alpha value is -1.14. The third-order valence-corrected chi connectivity index (χ3v) is 3.96. The lowest BCUT2D eigenvalue weighted by atomic mass is 10.4. The smallest absolute Gasteiger partial charge is 0.231 e. The summed E-state index contributed by atoms with van der Waals surface area (Å²) in [4.78, 5) is 17.3. The van der Waals surface area contributed by atoms with Crippen molar-refractivity contribution in [1.29, 1.82) is 0 Å². The molecule has 1 aromatic heterocycles. The molecule has 1 heterocycles. The molecule has 0 radical (unpaired) electrons. The Morgan fingerprint density at radius 1 is 1.10 bits per heavy atom. The van der Waals surface area contributed by atoms with Crippen LogP contribution in [0, 0.1) is 0 Å². The van der Waals surface area contributed by atoms with E-state index in [9.17, 15) is 0 Å². The van der Waals surface area contributed by atoms with Crippen LogP contribution in [0.25, 0.3) is 0 Å². The second kappa shape index (κ2) is 7.75. The van der Waals surface area contributed by atoms with Crippen molar-refractivity contribution in [3.63, 3.8) is 0 Å². The fourth-order valence-electron chi connectivity index (χ4n) is 2.42. The van der Waals surface area contributed by atoms with Gasteiger partial charge < -0.3 is 10.2 Å². The van der Waals surface area contributed by atoms with E-state index in [1.54, 1.807) is 0 Å². The van der Waals surface area contributed by atoms with Gasteiger partial charge in [-0.15, -0.1) is 0 Å². The summed E-state index contributed by atoms with van der Waals surface area (Å²) in [6, 6.07) is 0.782. The van der Waals surface area contributed by atoms with Gasteiger partial charge in [0.1, 0.15) is 0 Å². The summed E-state index contributed by atoms with van der Waals surface area (Å²) in [5.41, 5.74) is 0. The summed E-state index contributed by atoms with van der Waals surface area (Å²) in [5, 5.41) is 3.50. The molecule has 118 valence electrons. The standard InChI is InChI=1S/C14H25ClN6/c1-4-20(5-2)14-18-12(15)17-13(19-14)16-9-10-21(6-3)11-7-8-11/h11H,4-10H2,1-3H3,(H,16,17,18,19). The lowest BCUT2D eigenvalue weighted by molar-refractivity contribution is 0.289. The molecule has 6 nitrogen and oxygen atoms in total. The van der Waals surface area contributed by atoms with Gasteiger partial charge in [-0.25, -0.2) is 0 Å². The van der Waals surface area contributed by atoms with Gasteiger partial charge in [-0.1, -0.05) is 6.92 Å². The first kappa shape index (κ1) is 16.2. The van der Waals surface area contributed by atoms with E-state index in [1.807, 2.05) is 0 Å². The highest BCUT2D eigenvalue weighted by Gasteiger charge is 2.27. The molecular weight excluding hydrogens is 288 g/mol. The van der Waals surface area contributed by atoms with E-state index < -0.39 is 0 Å². The minimum absolute atomic E-state index is 0.240. The van der Waals surface area contributed by atoms with E-state index in [0.717, 1.165) is 38.8 Å². The fraction of sp³-hybridized carbons (Fsp3) is 0.786. The maximum absolute atomic E-state index is 6.00. The average molecular weight is 313 g/mol. The van der Waals surface area contributed by atoms with Crippen molar-refractivity contribution in [3.05, 3.63) is 5.28 Å². The molecule has 0 spiro atoms. The van der Waals surface area contributed by atoms with E-state index in [4.69, 9.17) is 11.6 Å². The van der Waals surface area contributed by atoms with Crippen molar-refractivity contribution in [3.8, 4) is 0 Å². The lowest BCUT2D eigenvalue weighted by Gasteiger charge is -2.21. The summed E-state index contributed by atoms with van der Waals surface area (Å²) in [7, 11) is 0. The molecule has 0 unspecified atom stereocenters. The van der Waals surface area contributed by atoms with E-state index in [1.165, 1.54) is 12.8 Å². The van der Waals surface area contributed by atoms with Gasteiger partial charge in [-0.2, -0.15) is 15.0 Å². The summed E-state index contributed by atoms with van der Waals surface area (Å²) in [6.07, 6.45) is 2.66. The highest BCUT2D eigenvalue weighted by Crippen LogP contribution is 2.26. The van der Waals surface area contributed by atoms with Crippen molar-refractivity contribution in [2.24, 2.45) is 0 Å². The van der Waals surface area contributed by atoms with Crippen LogP contribution in [0.3, 0.4) is 0 Å². The Labute approximate surface area is 131 Å². The van der Waals surface area contributed by atoms with Crippen LogP contribution < -0.4 is 10.2 Å². The lowest BCUT2D eigenvalue weighted by Crippen LogP contribution is -2.31. The first-order valence-corrected chi connectivity index (χ1v) is 8.20. The normalized spacial score (nSPS) is 14.5. The molecule has 2 rings (SSSR count). The minimum atomic E-state index is 0.240. The number of hydrogen-bond donors (Lipinski definition) is 1. The van der Waals surface area contributed by atoms with Crippen LogP contribution in [0.1, 0.15) is 33.6 Å². The number of anilines is 2. The summed E-state index contributed by atoms with van der Waals surface area (Å²) >= 11 is 6.00. The molecular formula is C14H25ClN6. The number of hydrogen-bond acceptors (Lipinski definition) is 6. The molecule has 21 heavy (non-hydrogen) atoms. The van der Waals surface area contributed by atoms with Crippen molar-refractivity contribution in [2.75, 3.05) is 42.9 Å². The van der Waals surface area contributed by atoms with Crippen LogP contribution >= 0.6 is 11.6 Å². The molecule has 0 amide bonds. The first-order valence-electron chi connectivity index (χ1n) is 7.82. The Bertz CT molecular complexity index is 447. The molecule has 1 aliphatic carbocycles. The van der Waals surface area contributed by atoms with Crippen molar-refractivity contribution >= 4 is 23.5 Å². The quantitative estimate of drug-likeness (QED) is 0.755. The summed E-state index contributed by atoms with van der Waals surface area (Å²) in [6.45, 7) is 11.0. The maximum Gasteiger partial charge on any atom is 0.231 e. The first-order chi connectivity index (χ1) is 10.2. The Kier molecular flexibility index (Phi) is 5.99. The molecule has 1 fully saturated rings. The van der Waals surface area contributed by atoms with Gasteiger partial charge in [0.2, 0.25) is 17.2 Å². The van der Waals surface area contributed by atoms with Gasteiger partial charge in [0.05, 0.1) is 0 Å². The largest absolute Gasteiger partial charge is 0.353 e. The monoisotopic (exact) mass is 312 g/mol. The fourth-order valence-corrected chi connectivity index (χ4v) is 2.57. The molecule has 1 saturated carbocycles. The maximum atomic E-state index is 6.00. The molecule has 0 aromatic carbocycles. The number of nitrogens with one attached hydrogen (secondary N) is 1. The van der Waals surface area contributed by atoms with Crippen molar-refractivity contribution < 1.29 is 0 Å². The third-order valence-electron chi connectivity index (χ3n) is 3.79. The van der Waals surface area contributed by atoms with Crippen molar-refractivity contribution in [1.82, 2.24) is 19.9 Å². The van der Waals surface area contributed by atoms with Gasteiger partial charge in [-0.3, -0.25) is 4.90 Å². The van der Waals surface area contributed by atoms with E-state index in [0.29, 0.717) is 11.9 Å². The third kappa shape index (κ3) is 4.68. The Morgan fingerprint density at radius 3 is 2.38 bits per heavy atom. The Balaban J connectivity index is 1.92. The van der Waals surface area contributed by atoms with Gasteiger partial charge in [-0.05, 0) is 44.8 Å². The van der Waals surface area contributed by atoms with Crippen LogP contribution in [0.5, 0.6) is 0 Å². The van der Waals surface area contributed by atoms with Crippen LogP contribution in [0.4, 0.5) is 11.9 Å². The van der Waals surface area contributed by atoms with Crippen molar-refractivity contribution in [2.45, 2.75) is 39.7 Å². The van der Waals surface area contributed by atoms with Crippen LogP contribution in [-0.2, 0) is 0 Å². The van der Waals surface area contributed by atoms with E-state index in [2.05, 4.69) is 50.8 Å². The molecule has 1 aliphatic rings.